The van der Waals surface area contributed by atoms with Crippen LogP contribution < -0.4 is 0 Å². The number of allylic oxidation sites excluding steroid dienone is 11. The Balaban J connectivity index is 1.64. The summed E-state index contributed by atoms with van der Waals surface area (Å²) in [4.78, 5) is 0. The fourth-order valence-corrected chi connectivity index (χ4v) is 5.60. The molecule has 1 unspecified atom stereocenters. The van der Waals surface area contributed by atoms with Crippen molar-refractivity contribution in [2.75, 3.05) is 0 Å². The van der Waals surface area contributed by atoms with Crippen molar-refractivity contribution in [2.45, 2.75) is 139 Å². The molecule has 3 aliphatic rings. The van der Waals surface area contributed by atoms with Crippen molar-refractivity contribution in [1.29, 1.82) is 0 Å². The molecule has 36 heavy (non-hydrogen) atoms. The Hall–Kier alpha value is -1.64. The second kappa shape index (κ2) is 13.8. The molecule has 2 nitrogen and oxygen atoms in total. The minimum absolute atomic E-state index is 0.443. The second-order valence-corrected chi connectivity index (χ2v) is 11.9. The van der Waals surface area contributed by atoms with E-state index in [2.05, 4.69) is 85.8 Å². The van der Waals surface area contributed by atoms with Gasteiger partial charge in [-0.1, -0.05) is 70.7 Å². The molecule has 3 saturated heterocycles. The largest absolute Gasteiger partial charge is 0.310 e. The topological polar surface area (TPSA) is 18.5 Å². The fourth-order valence-electron chi connectivity index (χ4n) is 5.60. The van der Waals surface area contributed by atoms with Crippen LogP contribution in [0.3, 0.4) is 0 Å². The predicted octanol–water partition coefficient (Wildman–Crippen LogP) is 10.7. The molecule has 3 fully saturated rings. The van der Waals surface area contributed by atoms with E-state index in [-0.39, 0.29) is 0 Å². The smallest absolute Gasteiger partial charge is 0.200 e. The van der Waals surface area contributed by atoms with Crippen LogP contribution in [0.5, 0.6) is 0 Å². The van der Waals surface area contributed by atoms with Crippen molar-refractivity contribution < 1.29 is 9.47 Å². The minimum atomic E-state index is -0.443. The molecule has 0 amide bonds. The normalized spacial score (nSPS) is 25.3. The third kappa shape index (κ3) is 9.03. The van der Waals surface area contributed by atoms with Gasteiger partial charge in [-0.15, -0.1) is 0 Å². The second-order valence-electron chi connectivity index (χ2n) is 11.9. The molecule has 0 saturated carbocycles. The summed E-state index contributed by atoms with van der Waals surface area (Å²) in [6.45, 7) is 22.1. The van der Waals surface area contributed by atoms with Gasteiger partial charge < -0.3 is 9.47 Å². The lowest BCUT2D eigenvalue weighted by Crippen LogP contribution is -2.77. The zero-order chi connectivity index (χ0) is 26.9. The van der Waals surface area contributed by atoms with Crippen molar-refractivity contribution in [3.05, 3.63) is 69.4 Å². The Morgan fingerprint density at radius 1 is 0.611 bits per heavy atom. The molecule has 0 spiro atoms. The van der Waals surface area contributed by atoms with Gasteiger partial charge in [0.25, 0.3) is 0 Å². The molecule has 0 N–H and O–H groups in total. The first-order chi connectivity index (χ1) is 16.9. The summed E-state index contributed by atoms with van der Waals surface area (Å²) in [6.07, 6.45) is 22.5. The van der Waals surface area contributed by atoms with Crippen molar-refractivity contribution in [1.82, 2.24) is 0 Å². The molecule has 3 rings (SSSR count). The number of unbranched alkanes of at least 4 members (excludes halogenated alkanes) is 1. The Labute approximate surface area is 223 Å². The van der Waals surface area contributed by atoms with Crippen LogP contribution in [-0.4, -0.2) is 11.6 Å². The first-order valence-corrected chi connectivity index (χ1v) is 14.2. The molecule has 0 aromatic rings. The van der Waals surface area contributed by atoms with Gasteiger partial charge in [-0.3, -0.25) is 0 Å². The summed E-state index contributed by atoms with van der Waals surface area (Å²) in [5.41, 5.74) is 10.3. The van der Waals surface area contributed by atoms with E-state index in [4.69, 9.17) is 9.47 Å². The first kappa shape index (κ1) is 30.6. The van der Waals surface area contributed by atoms with Crippen LogP contribution in [0.15, 0.2) is 69.4 Å². The Bertz CT molecular complexity index is 908. The summed E-state index contributed by atoms with van der Waals surface area (Å²) in [5.74, 6) is -0.361. The first-order valence-electron chi connectivity index (χ1n) is 14.2. The van der Waals surface area contributed by atoms with Gasteiger partial charge in [0.15, 0.2) is 11.6 Å². The van der Waals surface area contributed by atoms with Gasteiger partial charge >= 0.3 is 0 Å². The summed E-state index contributed by atoms with van der Waals surface area (Å²) in [6, 6.07) is 0. The predicted molar refractivity (Wildman–Crippen MR) is 157 cm³/mol. The molecular weight excluding hydrogens is 440 g/mol. The lowest BCUT2D eigenvalue weighted by Gasteiger charge is -2.68. The molecule has 0 aromatic heterocycles. The number of hydrogen-bond donors (Lipinski definition) is 0. The van der Waals surface area contributed by atoms with E-state index in [0.717, 1.165) is 32.1 Å². The van der Waals surface area contributed by atoms with Crippen molar-refractivity contribution in [2.24, 2.45) is 5.92 Å². The molecule has 2 bridgehead atoms. The van der Waals surface area contributed by atoms with E-state index in [1.807, 2.05) is 13.8 Å². The van der Waals surface area contributed by atoms with Gasteiger partial charge in [0.05, 0.1) is 0 Å². The highest BCUT2D eigenvalue weighted by molar-refractivity contribution is 5.41. The maximum Gasteiger partial charge on any atom is 0.200 e. The van der Waals surface area contributed by atoms with Crippen LogP contribution in [0.2, 0.25) is 0 Å². The van der Waals surface area contributed by atoms with E-state index < -0.39 is 11.6 Å². The quantitative estimate of drug-likeness (QED) is 0.166. The molecule has 0 radical (unpaired) electrons. The van der Waals surface area contributed by atoms with Gasteiger partial charge in [0.2, 0.25) is 0 Å². The van der Waals surface area contributed by atoms with Crippen molar-refractivity contribution >= 4 is 0 Å². The Morgan fingerprint density at radius 2 is 1.00 bits per heavy atom. The molecule has 0 aliphatic carbocycles. The maximum atomic E-state index is 5.77. The van der Waals surface area contributed by atoms with Crippen LogP contribution in [0, 0.1) is 5.92 Å². The molecule has 0 aromatic carbocycles. The van der Waals surface area contributed by atoms with Gasteiger partial charge in [0.1, 0.15) is 0 Å². The number of ether oxygens (including phenoxy) is 2. The van der Waals surface area contributed by atoms with Gasteiger partial charge in [-0.05, 0) is 126 Å². The molecule has 202 valence electrons. The van der Waals surface area contributed by atoms with E-state index in [0.29, 0.717) is 5.92 Å². The van der Waals surface area contributed by atoms with Crippen molar-refractivity contribution in [3.8, 4) is 0 Å². The maximum absolute atomic E-state index is 5.77. The molecule has 3 aliphatic heterocycles. The van der Waals surface area contributed by atoms with Gasteiger partial charge in [0, 0.05) is 5.57 Å². The highest BCUT2D eigenvalue weighted by Crippen LogP contribution is 2.63. The highest BCUT2D eigenvalue weighted by atomic mass is 16.9. The van der Waals surface area contributed by atoms with Gasteiger partial charge in [-0.25, -0.2) is 0 Å². The monoisotopic (exact) mass is 494 g/mol. The van der Waals surface area contributed by atoms with Crippen LogP contribution in [0.1, 0.15) is 127 Å². The fraction of sp³-hybridized carbons (Fsp3) is 0.647. The average molecular weight is 495 g/mol. The average Bonchev–Trinajstić information content (AvgIpc) is 2.75. The molecule has 3 heterocycles. The summed E-state index contributed by atoms with van der Waals surface area (Å²) in [5, 5.41) is 0. The Kier molecular flexibility index (Phi) is 11.7. The zero-order valence-electron chi connectivity index (χ0n) is 25.1. The summed E-state index contributed by atoms with van der Waals surface area (Å²) in [7, 11) is 0. The van der Waals surface area contributed by atoms with Crippen LogP contribution in [0.4, 0.5) is 0 Å². The summed E-state index contributed by atoms with van der Waals surface area (Å²) < 4.78 is 11.5. The minimum Gasteiger partial charge on any atom is -0.310 e. The van der Waals surface area contributed by atoms with Crippen LogP contribution in [-0.2, 0) is 9.47 Å². The van der Waals surface area contributed by atoms with E-state index in [9.17, 15) is 0 Å². The third-order valence-corrected chi connectivity index (χ3v) is 7.76. The standard InChI is InChI=1S/C34H54O2/c1-25(2)16-13-19-28(5)21-14-20-26(3)17-11-12-18-27(4)22-15-23-29(6)24-30(7)31(8)32-33(9)35-34(32,10)36-33/h16-18,21,23,30H,11-15,19-20,22,24H2,1-10H3/b26-17+,27-18+,28-21+,29-23+,32-31?. The zero-order valence-corrected chi connectivity index (χ0v) is 25.1. The molecule has 1 atom stereocenters. The van der Waals surface area contributed by atoms with Crippen molar-refractivity contribution in [3.63, 3.8) is 0 Å². The van der Waals surface area contributed by atoms with E-state index in [1.54, 1.807) is 0 Å². The molecule has 2 heteroatoms. The lowest BCUT2D eigenvalue weighted by molar-refractivity contribution is -0.550. The van der Waals surface area contributed by atoms with Crippen LogP contribution >= 0.6 is 0 Å². The summed E-state index contributed by atoms with van der Waals surface area (Å²) >= 11 is 0. The lowest BCUT2D eigenvalue weighted by atomic mass is 9.76. The SMILES string of the molecule is CC(C)=CCC/C(C)=C/CC/C(C)=C/CC/C=C(\C)CC/C=C(\C)CC(C)C(C)=C1C2(C)OC1(C)O2. The molecular formula is C34H54O2. The highest BCUT2D eigenvalue weighted by Gasteiger charge is 2.72. The number of hydrogen-bond acceptors (Lipinski definition) is 2. The number of rotatable bonds is 15. The van der Waals surface area contributed by atoms with E-state index >= 15 is 0 Å². The van der Waals surface area contributed by atoms with Gasteiger partial charge in [-0.2, -0.15) is 0 Å². The Morgan fingerprint density at radius 3 is 1.42 bits per heavy atom. The van der Waals surface area contributed by atoms with E-state index in [1.165, 1.54) is 64.7 Å². The van der Waals surface area contributed by atoms with Crippen LogP contribution in [0.25, 0.3) is 0 Å². The third-order valence-electron chi connectivity index (χ3n) is 7.76.